The molecule has 0 spiro atoms. The van der Waals surface area contributed by atoms with Crippen LogP contribution in [0.5, 0.6) is 23.0 Å². The Morgan fingerprint density at radius 2 is 0.893 bits per heavy atom. The summed E-state index contributed by atoms with van der Waals surface area (Å²) in [4.78, 5) is 103. The molecule has 682 valence electrons. The number of terminal acetylenes is 1. The number of halogens is 18. The lowest BCUT2D eigenvalue weighted by Crippen LogP contribution is -2.12. The third kappa shape index (κ3) is 24.5. The molecule has 12 aromatic rings. The summed E-state index contributed by atoms with van der Waals surface area (Å²) in [6.45, 7) is -2.90. The maximum Gasteiger partial charge on any atom is 0.419 e. The number of nitrogens with zero attached hydrogens (tertiary/aromatic N) is 10. The van der Waals surface area contributed by atoms with Crippen LogP contribution in [0.2, 0.25) is 15.1 Å². The average molecular weight is 2070 g/mol. The fraction of sp³-hybridized carbons (Fsp3) is 0.111. The molecule has 0 atom stereocenters. The van der Waals surface area contributed by atoms with Crippen LogP contribution in [0.4, 0.5) is 91.6 Å². The quantitative estimate of drug-likeness (QED) is 0.0105. The van der Waals surface area contributed by atoms with Gasteiger partial charge in [-0.25, -0.2) is 109 Å². The lowest BCUT2D eigenvalue weighted by molar-refractivity contribution is -0.140. The molecule has 131 heavy (non-hydrogen) atoms. The number of benzene rings is 6. The van der Waals surface area contributed by atoms with E-state index in [1.165, 1.54) is 83.0 Å². The van der Waals surface area contributed by atoms with E-state index in [9.17, 15) is 85.8 Å². The highest BCUT2D eigenvalue weighted by molar-refractivity contribution is 14.1. The van der Waals surface area contributed by atoms with E-state index in [0.717, 1.165) is 45.6 Å². The number of nitrogen functional groups attached to an aromatic ring is 6. The summed E-state index contributed by atoms with van der Waals surface area (Å²) >= 11 is 21.9. The minimum absolute atomic E-state index is 0.00625. The number of aromatic carboxylic acids is 2. The predicted octanol–water partition coefficient (Wildman–Crippen LogP) is 16.7. The molecular weight excluding hydrogens is 2010 g/mol. The number of rotatable bonds is 17. The van der Waals surface area contributed by atoms with Crippen molar-refractivity contribution in [3.63, 3.8) is 0 Å². The summed E-state index contributed by atoms with van der Waals surface area (Å²) in [5, 5.41) is 25.8. The van der Waals surface area contributed by atoms with Crippen LogP contribution >= 0.6 is 73.3 Å². The highest BCUT2D eigenvalue weighted by atomic mass is 127. The Morgan fingerprint density at radius 1 is 0.466 bits per heavy atom. The minimum Gasteiger partial charge on any atom is -0.491 e. The number of carboxylic acid groups (broad SMARTS) is 2. The summed E-state index contributed by atoms with van der Waals surface area (Å²) in [6.07, 6.45) is 0.185. The first kappa shape index (κ1) is 103. The molecule has 0 aliphatic heterocycles. The molecule has 6 heterocycles. The van der Waals surface area contributed by atoms with Crippen molar-refractivity contribution in [2.75, 3.05) is 84.2 Å². The van der Waals surface area contributed by atoms with Gasteiger partial charge >= 0.3 is 48.6 Å². The Balaban J connectivity index is 0.000000215. The van der Waals surface area contributed by atoms with Crippen molar-refractivity contribution in [1.82, 2.24) is 44.9 Å². The predicted molar refractivity (Wildman–Crippen MR) is 456 cm³/mol. The number of anilines is 6. The first-order valence-electron chi connectivity index (χ1n) is 34.9. The van der Waals surface area contributed by atoms with Crippen molar-refractivity contribution in [1.29, 1.82) is 5.26 Å². The van der Waals surface area contributed by atoms with Crippen LogP contribution in [0.3, 0.4) is 0 Å². The van der Waals surface area contributed by atoms with Crippen LogP contribution in [-0.2, 0) is 25.1 Å². The molecule has 6 aromatic carbocycles. The lowest BCUT2D eigenvalue weighted by Gasteiger charge is -2.12. The van der Waals surface area contributed by atoms with Gasteiger partial charge in [-0.2, -0.15) is 27.2 Å². The summed E-state index contributed by atoms with van der Waals surface area (Å²) in [7, 11) is 8.26. The molecule has 0 unspecified atom stereocenters. The number of pyridine rings is 3. The molecule has 12 rings (SSSR count). The molecule has 0 aliphatic carbocycles. The second kappa shape index (κ2) is 45.2. The molecule has 14 N–H and O–H groups in total. The SMILES string of the molecule is C#Cc1ccc(-c2nc(C(=O)OC)c(Cl)c(N)c2F)c(F)c1F.COC(=O)c1nc(-c2ccc(C(F)(F)F)c(F)c2)nc(N)c1OC.COC(=O)c1nc(-c2ccc(I)c(F)c2F)nc(N)c1OC.COC(=O)c1nc(-c2ccc(OC(F)F)cc2)cc(N)c1Cl.COc1c(N)nc(-c2ccc(C#N)cc2)nc1C(=O)O.Nc1c(F)c(-c2ccc(Br)c(F)c2)nc(C(=O)O)c1Cl. The monoisotopic (exact) mass is 2070 g/mol. The number of esters is 4. The second-order valence-corrected chi connectivity index (χ2v) is 27.7. The fourth-order valence-electron chi connectivity index (χ4n) is 10.4. The van der Waals surface area contributed by atoms with Gasteiger partial charge in [-0.1, -0.05) is 52.9 Å². The molecular formula is C81H56BrCl3F13IN16O16. The number of carbonyl (C=O) groups excluding carboxylic acids is 4. The zero-order valence-electron chi connectivity index (χ0n) is 67.0. The van der Waals surface area contributed by atoms with Gasteiger partial charge in [-0.3, -0.25) is 0 Å². The Labute approximate surface area is 765 Å². The summed E-state index contributed by atoms with van der Waals surface area (Å²) in [6, 6.07) is 26.2. The lowest BCUT2D eigenvalue weighted by atomic mass is 10.1. The van der Waals surface area contributed by atoms with Crippen molar-refractivity contribution in [2.45, 2.75) is 12.8 Å². The zero-order chi connectivity index (χ0) is 97.8. The van der Waals surface area contributed by atoms with Crippen LogP contribution in [0.15, 0.2) is 120 Å². The van der Waals surface area contributed by atoms with Crippen molar-refractivity contribution < 1.29 is 134 Å². The number of nitrogens with two attached hydrogens (primary N) is 6. The summed E-state index contributed by atoms with van der Waals surface area (Å²) < 4.78 is 210. The number of alkyl halides is 5. The number of carboxylic acids is 2. The van der Waals surface area contributed by atoms with E-state index in [2.05, 4.69) is 84.5 Å². The molecule has 32 nitrogen and oxygen atoms in total. The number of methoxy groups -OCH3 is 7. The fourth-order valence-corrected chi connectivity index (χ4v) is 11.6. The van der Waals surface area contributed by atoms with Gasteiger partial charge in [0.25, 0.3) is 0 Å². The number of nitriles is 1. The zero-order valence-corrected chi connectivity index (χ0v) is 73.0. The van der Waals surface area contributed by atoms with Gasteiger partial charge in [0.2, 0.25) is 0 Å². The van der Waals surface area contributed by atoms with Gasteiger partial charge in [0.05, 0.1) is 124 Å². The van der Waals surface area contributed by atoms with Crippen molar-refractivity contribution >= 4 is 144 Å². The maximum atomic E-state index is 14.2. The van der Waals surface area contributed by atoms with E-state index < -0.39 is 145 Å². The second-order valence-electron chi connectivity index (χ2n) is 24.5. The highest BCUT2D eigenvalue weighted by Gasteiger charge is 2.35. The number of ether oxygens (including phenoxy) is 8. The van der Waals surface area contributed by atoms with Gasteiger partial charge in [0, 0.05) is 27.8 Å². The Morgan fingerprint density at radius 3 is 1.37 bits per heavy atom. The van der Waals surface area contributed by atoms with E-state index in [0.29, 0.717) is 34.5 Å². The normalized spacial score (nSPS) is 10.5. The molecule has 6 aromatic heterocycles. The standard InChI is InChI=1S/C15H8ClF3N2O2.C14H11ClF2N2O3.C14H11F4N3O3.C13H10F2IN3O3.C13H10N4O3.C12H6BrClF2N2O2/c1-3-6-4-5-7(10(18)9(6)17)13-11(19)12(20)8(16)14(21-13)15(22)23-2;1-21-13(20)12-11(15)9(18)6-10(19-12)7-2-4-8(5-3-7)22-14(16)17;1-23-10-9(13(22)24-2)20-12(21-11(10)19)6-3-4-7(8(15)5-6)14(16,17)18;1-21-10-9(13(20)22-2)18-12(19-11(10)17)5-3-4-6(16)8(15)7(5)14;1-20-10-9(13(18)19)16-12(17-11(10)15)8-4-2-7(6-14)3-5-8;13-5-2-1-4(3-6(5)15)10-8(16)9(17)7(14)11(18-10)12(19)20/h1,4-5H,2H3,(H2,20,21);2-6,14H,1H3,(H2,18,19);3-5H,1-2H3,(H2,19,20,21);3-4H,1-2H3,(H2,17,18,19);2-5H,1H3,(H,18,19)(H2,15,16,17);1-3H,(H2,17,18)(H,19,20). The van der Waals surface area contributed by atoms with Gasteiger partial charge in [-0.15, -0.1) is 6.42 Å². The molecule has 0 amide bonds. The largest absolute Gasteiger partial charge is 0.491 e. The van der Waals surface area contributed by atoms with Crippen LogP contribution in [0.25, 0.3) is 67.9 Å². The molecule has 0 bridgehead atoms. The van der Waals surface area contributed by atoms with Crippen molar-refractivity contribution in [3.05, 3.63) is 236 Å². The van der Waals surface area contributed by atoms with Crippen molar-refractivity contribution in [3.8, 4) is 109 Å². The molecule has 0 radical (unpaired) electrons. The third-order valence-electron chi connectivity index (χ3n) is 16.6. The van der Waals surface area contributed by atoms with Crippen LogP contribution in [-0.4, -0.2) is 147 Å². The molecule has 0 saturated heterocycles. The third-order valence-corrected chi connectivity index (χ3v) is 19.2. The van der Waals surface area contributed by atoms with Gasteiger partial charge in [0.15, 0.2) is 121 Å². The molecule has 0 saturated carbocycles. The van der Waals surface area contributed by atoms with E-state index in [-0.39, 0.29) is 127 Å². The molecule has 50 heteroatoms. The topological polar surface area (TPSA) is 513 Å². The highest BCUT2D eigenvalue weighted by Crippen LogP contribution is 2.40. The Kier molecular flexibility index (Phi) is 35.5. The Bertz CT molecular complexity index is 6540. The van der Waals surface area contributed by atoms with Crippen LogP contribution in [0.1, 0.15) is 79.6 Å². The molecule has 0 aliphatic rings. The van der Waals surface area contributed by atoms with Gasteiger partial charge < -0.3 is 82.5 Å². The van der Waals surface area contributed by atoms with Gasteiger partial charge in [0.1, 0.15) is 28.8 Å². The smallest absolute Gasteiger partial charge is 0.419 e. The number of hydrogen-bond acceptors (Lipinski definition) is 30. The minimum atomic E-state index is -4.83. The summed E-state index contributed by atoms with van der Waals surface area (Å²) in [5.41, 5.74) is 28.7. The van der Waals surface area contributed by atoms with E-state index in [1.54, 1.807) is 46.9 Å². The number of aromatic nitrogens is 9. The maximum absolute atomic E-state index is 14.2. The first-order valence-corrected chi connectivity index (χ1v) is 37.9. The first-order chi connectivity index (χ1) is 61.7. The van der Waals surface area contributed by atoms with Crippen LogP contribution in [0, 0.1) is 73.8 Å². The van der Waals surface area contributed by atoms with Crippen LogP contribution < -0.4 is 53.3 Å². The summed E-state index contributed by atoms with van der Waals surface area (Å²) in [5.74, 6) is -14.7. The Hall–Kier alpha value is -15.0. The molecule has 0 fully saturated rings. The van der Waals surface area contributed by atoms with E-state index in [4.69, 9.17) is 105 Å². The van der Waals surface area contributed by atoms with Gasteiger partial charge in [-0.05, 0) is 142 Å². The average Bonchev–Trinajstić information content (AvgIpc) is 0.793. The van der Waals surface area contributed by atoms with E-state index in [1.807, 2.05) is 12.0 Å². The van der Waals surface area contributed by atoms with Crippen molar-refractivity contribution in [2.24, 2.45) is 0 Å². The van der Waals surface area contributed by atoms with E-state index >= 15 is 0 Å². The number of carbonyl (C=O) groups is 6. The number of hydrogen-bond donors (Lipinski definition) is 8.